The van der Waals surface area contributed by atoms with Gasteiger partial charge in [0.15, 0.2) is 9.84 Å². The van der Waals surface area contributed by atoms with Gasteiger partial charge in [0.1, 0.15) is 0 Å². The number of carbonyl (C=O) groups is 1. The van der Waals surface area contributed by atoms with Crippen molar-refractivity contribution in [1.29, 1.82) is 0 Å². The van der Waals surface area contributed by atoms with Crippen LogP contribution in [0.4, 0.5) is 0 Å². The summed E-state index contributed by atoms with van der Waals surface area (Å²) in [6.45, 7) is 4.50. The number of sulfone groups is 1. The molecule has 28 heavy (non-hydrogen) atoms. The van der Waals surface area contributed by atoms with Crippen LogP contribution in [0.2, 0.25) is 0 Å². The zero-order valence-electron chi connectivity index (χ0n) is 15.8. The zero-order chi connectivity index (χ0) is 19.8. The Morgan fingerprint density at radius 3 is 2.32 bits per heavy atom. The standard InChI is InChI=1S/C21H26N2O4S/c24-21(10-15-28(25,26)20-8-2-1-3-9-20)22-16-18-6-4-5-7-19(18)17-23-11-13-27-14-12-23/h1-9H,10-17H2,(H,22,24). The van der Waals surface area contributed by atoms with Crippen LogP contribution in [0.15, 0.2) is 59.5 Å². The van der Waals surface area contributed by atoms with E-state index in [1.807, 2.05) is 18.2 Å². The summed E-state index contributed by atoms with van der Waals surface area (Å²) in [7, 11) is -3.44. The maximum absolute atomic E-state index is 12.3. The van der Waals surface area contributed by atoms with Crippen molar-refractivity contribution in [2.45, 2.75) is 24.4 Å². The first-order chi connectivity index (χ1) is 13.5. The van der Waals surface area contributed by atoms with Gasteiger partial charge in [-0.3, -0.25) is 9.69 Å². The van der Waals surface area contributed by atoms with Crippen molar-refractivity contribution in [2.24, 2.45) is 0 Å². The molecule has 1 amide bonds. The molecule has 1 aliphatic rings. The van der Waals surface area contributed by atoms with Crippen molar-refractivity contribution < 1.29 is 17.9 Å². The molecule has 1 saturated heterocycles. The molecule has 1 fully saturated rings. The first-order valence-electron chi connectivity index (χ1n) is 9.46. The van der Waals surface area contributed by atoms with E-state index in [0.29, 0.717) is 6.54 Å². The van der Waals surface area contributed by atoms with Crippen LogP contribution in [0.3, 0.4) is 0 Å². The number of amides is 1. The maximum atomic E-state index is 12.3. The van der Waals surface area contributed by atoms with Crippen LogP contribution in [0.25, 0.3) is 0 Å². The highest BCUT2D eigenvalue weighted by atomic mass is 32.2. The quantitative estimate of drug-likeness (QED) is 0.731. The van der Waals surface area contributed by atoms with Gasteiger partial charge in [-0.1, -0.05) is 42.5 Å². The molecular formula is C21H26N2O4S. The Labute approximate surface area is 166 Å². The number of hydrogen-bond acceptors (Lipinski definition) is 5. The van der Waals surface area contributed by atoms with E-state index >= 15 is 0 Å². The van der Waals surface area contributed by atoms with Gasteiger partial charge in [0.25, 0.3) is 0 Å². The topological polar surface area (TPSA) is 75.7 Å². The second-order valence-electron chi connectivity index (χ2n) is 6.82. The van der Waals surface area contributed by atoms with Crippen LogP contribution in [0.5, 0.6) is 0 Å². The number of nitrogens with one attached hydrogen (secondary N) is 1. The minimum atomic E-state index is -3.44. The van der Waals surface area contributed by atoms with Crippen LogP contribution < -0.4 is 5.32 Å². The highest BCUT2D eigenvalue weighted by molar-refractivity contribution is 7.91. The van der Waals surface area contributed by atoms with Crippen LogP contribution in [0, 0.1) is 0 Å². The summed E-state index contributed by atoms with van der Waals surface area (Å²) < 4.78 is 30.0. The van der Waals surface area contributed by atoms with E-state index in [-0.39, 0.29) is 23.0 Å². The summed E-state index contributed by atoms with van der Waals surface area (Å²) in [5.74, 6) is -0.459. The summed E-state index contributed by atoms with van der Waals surface area (Å²) in [5.41, 5.74) is 2.22. The van der Waals surface area contributed by atoms with E-state index < -0.39 is 9.84 Å². The molecule has 1 heterocycles. The lowest BCUT2D eigenvalue weighted by molar-refractivity contribution is -0.120. The van der Waals surface area contributed by atoms with Crippen LogP contribution in [-0.2, 0) is 32.5 Å². The molecule has 0 saturated carbocycles. The van der Waals surface area contributed by atoms with Crippen molar-refractivity contribution in [2.75, 3.05) is 32.1 Å². The Morgan fingerprint density at radius 2 is 1.61 bits per heavy atom. The van der Waals surface area contributed by atoms with Gasteiger partial charge in [0.2, 0.25) is 5.91 Å². The number of rotatable bonds is 8. The summed E-state index contributed by atoms with van der Waals surface area (Å²) in [6.07, 6.45) is -0.0527. The van der Waals surface area contributed by atoms with Crippen molar-refractivity contribution in [3.63, 3.8) is 0 Å². The van der Waals surface area contributed by atoms with Gasteiger partial charge in [-0.15, -0.1) is 0 Å². The zero-order valence-corrected chi connectivity index (χ0v) is 16.7. The van der Waals surface area contributed by atoms with Gasteiger partial charge in [-0.2, -0.15) is 0 Å². The molecule has 0 bridgehead atoms. The van der Waals surface area contributed by atoms with Gasteiger partial charge < -0.3 is 10.1 Å². The lowest BCUT2D eigenvalue weighted by Crippen LogP contribution is -2.36. The largest absolute Gasteiger partial charge is 0.379 e. The summed E-state index contributed by atoms with van der Waals surface area (Å²) in [6, 6.07) is 16.2. The monoisotopic (exact) mass is 402 g/mol. The molecule has 1 aliphatic heterocycles. The molecule has 150 valence electrons. The fraction of sp³-hybridized carbons (Fsp3) is 0.381. The molecule has 0 radical (unpaired) electrons. The van der Waals surface area contributed by atoms with E-state index in [1.54, 1.807) is 30.3 Å². The molecule has 0 aromatic heterocycles. The van der Waals surface area contributed by atoms with Crippen molar-refractivity contribution in [3.8, 4) is 0 Å². The second kappa shape index (κ2) is 9.82. The number of hydrogen-bond donors (Lipinski definition) is 1. The normalized spacial score (nSPS) is 15.3. The highest BCUT2D eigenvalue weighted by Crippen LogP contribution is 2.14. The Bertz CT molecular complexity index is 878. The van der Waals surface area contributed by atoms with Crippen molar-refractivity contribution in [1.82, 2.24) is 10.2 Å². The van der Waals surface area contributed by atoms with Gasteiger partial charge in [0.05, 0.1) is 23.9 Å². The number of nitrogens with zero attached hydrogens (tertiary/aromatic N) is 1. The van der Waals surface area contributed by atoms with E-state index in [4.69, 9.17) is 4.74 Å². The summed E-state index contributed by atoms with van der Waals surface area (Å²) >= 11 is 0. The fourth-order valence-corrected chi connectivity index (χ4v) is 4.40. The molecule has 6 nitrogen and oxygen atoms in total. The average molecular weight is 403 g/mol. The van der Waals surface area contributed by atoms with Gasteiger partial charge >= 0.3 is 0 Å². The van der Waals surface area contributed by atoms with Crippen LogP contribution >= 0.6 is 0 Å². The SMILES string of the molecule is O=C(CCS(=O)(=O)c1ccccc1)NCc1ccccc1CN1CCOCC1. The number of morpholine rings is 1. The Kier molecular flexibility index (Phi) is 7.19. The van der Waals surface area contributed by atoms with Crippen LogP contribution in [0.1, 0.15) is 17.5 Å². The van der Waals surface area contributed by atoms with E-state index in [0.717, 1.165) is 38.4 Å². The third-order valence-corrected chi connectivity index (χ3v) is 6.52. The predicted octanol–water partition coefficient (Wildman–Crippen LogP) is 2.00. The highest BCUT2D eigenvalue weighted by Gasteiger charge is 2.17. The molecule has 2 aromatic rings. The number of benzene rings is 2. The molecule has 0 atom stereocenters. The number of carbonyl (C=O) groups excluding carboxylic acids is 1. The molecule has 3 rings (SSSR count). The van der Waals surface area contributed by atoms with Crippen LogP contribution in [-0.4, -0.2) is 51.3 Å². The maximum Gasteiger partial charge on any atom is 0.221 e. The molecule has 0 aliphatic carbocycles. The predicted molar refractivity (Wildman–Crippen MR) is 107 cm³/mol. The minimum absolute atomic E-state index is 0.0527. The lowest BCUT2D eigenvalue weighted by Gasteiger charge is -2.27. The third kappa shape index (κ3) is 5.89. The van der Waals surface area contributed by atoms with Gasteiger partial charge in [0, 0.05) is 32.6 Å². The fourth-order valence-electron chi connectivity index (χ4n) is 3.14. The van der Waals surface area contributed by atoms with E-state index in [1.165, 1.54) is 5.56 Å². The van der Waals surface area contributed by atoms with Crippen molar-refractivity contribution in [3.05, 3.63) is 65.7 Å². The summed E-state index contributed by atoms with van der Waals surface area (Å²) in [5, 5.41) is 2.85. The molecule has 0 spiro atoms. The van der Waals surface area contributed by atoms with E-state index in [9.17, 15) is 13.2 Å². The Hall–Kier alpha value is -2.22. The first-order valence-corrected chi connectivity index (χ1v) is 11.1. The number of ether oxygens (including phenoxy) is 1. The minimum Gasteiger partial charge on any atom is -0.379 e. The first kappa shape index (κ1) is 20.5. The molecular weight excluding hydrogens is 376 g/mol. The Morgan fingerprint density at radius 1 is 0.964 bits per heavy atom. The Balaban J connectivity index is 1.52. The smallest absolute Gasteiger partial charge is 0.221 e. The summed E-state index contributed by atoms with van der Waals surface area (Å²) in [4.78, 5) is 14.8. The van der Waals surface area contributed by atoms with E-state index in [2.05, 4.69) is 16.3 Å². The lowest BCUT2D eigenvalue weighted by atomic mass is 10.1. The molecule has 0 unspecified atom stereocenters. The second-order valence-corrected chi connectivity index (χ2v) is 8.93. The molecule has 1 N–H and O–H groups in total. The van der Waals surface area contributed by atoms with Crippen molar-refractivity contribution >= 4 is 15.7 Å². The van der Waals surface area contributed by atoms with Gasteiger partial charge in [-0.05, 0) is 23.3 Å². The molecule has 7 heteroatoms. The average Bonchev–Trinajstić information content (AvgIpc) is 2.73. The van der Waals surface area contributed by atoms with Gasteiger partial charge in [-0.25, -0.2) is 8.42 Å². The molecule has 2 aromatic carbocycles. The third-order valence-electron chi connectivity index (χ3n) is 4.79.